The Bertz CT molecular complexity index is 437. The predicted octanol–water partition coefficient (Wildman–Crippen LogP) is -0.471. The van der Waals surface area contributed by atoms with Crippen LogP contribution in [0.15, 0.2) is 4.79 Å². The number of aromatic nitrogens is 2. The summed E-state index contributed by atoms with van der Waals surface area (Å²) in [5.74, 6) is -0.570. The van der Waals surface area contributed by atoms with Crippen molar-refractivity contribution >= 4 is 23.4 Å². The monoisotopic (exact) mass is 211 g/mol. The van der Waals surface area contributed by atoms with Crippen molar-refractivity contribution in [2.24, 2.45) is 5.92 Å². The maximum absolute atomic E-state index is 11.3. The molecular weight excluding hydrogens is 198 g/mol. The van der Waals surface area contributed by atoms with Gasteiger partial charge in [-0.15, -0.1) is 0 Å². The quantitative estimate of drug-likeness (QED) is 0.525. The first-order valence-corrected chi connectivity index (χ1v) is 4.38. The second kappa shape index (κ2) is 3.99. The smallest absolute Gasteiger partial charge is 0.277 e. The molecule has 7 nitrogen and oxygen atoms in total. The summed E-state index contributed by atoms with van der Waals surface area (Å²) in [5, 5.41) is 2.41. The Balaban J connectivity index is 2.98. The summed E-state index contributed by atoms with van der Waals surface area (Å²) in [5.41, 5.74) is 9.94. The van der Waals surface area contributed by atoms with E-state index in [1.807, 2.05) is 0 Å². The third kappa shape index (κ3) is 2.46. The van der Waals surface area contributed by atoms with Crippen LogP contribution < -0.4 is 22.3 Å². The van der Waals surface area contributed by atoms with Gasteiger partial charge in [0.25, 0.3) is 5.56 Å². The summed E-state index contributed by atoms with van der Waals surface area (Å²) in [6, 6.07) is 0. The highest BCUT2D eigenvalue weighted by Crippen LogP contribution is 2.07. The molecule has 0 aromatic carbocycles. The maximum atomic E-state index is 11.3. The first-order chi connectivity index (χ1) is 6.91. The minimum absolute atomic E-state index is 0.00500. The largest absolute Gasteiger partial charge is 0.391 e. The number of aromatic amines is 1. The number of rotatable bonds is 2. The van der Waals surface area contributed by atoms with Crippen molar-refractivity contribution < 1.29 is 4.79 Å². The molecule has 0 spiro atoms. The summed E-state index contributed by atoms with van der Waals surface area (Å²) in [7, 11) is 0. The summed E-state index contributed by atoms with van der Waals surface area (Å²) < 4.78 is 0. The molecule has 1 rings (SSSR count). The van der Waals surface area contributed by atoms with Crippen molar-refractivity contribution in [3.8, 4) is 0 Å². The van der Waals surface area contributed by atoms with E-state index in [-0.39, 0.29) is 29.3 Å². The third-order valence-corrected chi connectivity index (χ3v) is 1.75. The van der Waals surface area contributed by atoms with Crippen LogP contribution in [0.25, 0.3) is 0 Å². The zero-order valence-corrected chi connectivity index (χ0v) is 8.50. The summed E-state index contributed by atoms with van der Waals surface area (Å²) in [6.07, 6.45) is 0. The average molecular weight is 211 g/mol. The fourth-order valence-corrected chi connectivity index (χ4v) is 0.820. The van der Waals surface area contributed by atoms with E-state index in [1.54, 1.807) is 13.8 Å². The van der Waals surface area contributed by atoms with Crippen LogP contribution in [0.3, 0.4) is 0 Å². The highest BCUT2D eigenvalue weighted by Gasteiger charge is 2.10. The molecule has 1 amide bonds. The van der Waals surface area contributed by atoms with Gasteiger partial charge in [0.2, 0.25) is 11.9 Å². The van der Waals surface area contributed by atoms with E-state index < -0.39 is 5.56 Å². The Morgan fingerprint density at radius 1 is 1.47 bits per heavy atom. The van der Waals surface area contributed by atoms with Crippen molar-refractivity contribution in [3.63, 3.8) is 0 Å². The van der Waals surface area contributed by atoms with E-state index in [1.165, 1.54) is 0 Å². The number of hydrogen-bond donors (Lipinski definition) is 4. The van der Waals surface area contributed by atoms with Crippen molar-refractivity contribution in [2.45, 2.75) is 13.8 Å². The van der Waals surface area contributed by atoms with Gasteiger partial charge in [0.15, 0.2) is 5.82 Å². The number of nitrogens with zero attached hydrogens (tertiary/aromatic N) is 1. The molecule has 0 saturated heterocycles. The topological polar surface area (TPSA) is 127 Å². The number of carbonyl (C=O) groups excluding carboxylic acids is 1. The SMILES string of the molecule is CC(C)C(=O)Nc1nc(N)c(N)c(=O)[nH]1. The third-order valence-electron chi connectivity index (χ3n) is 1.75. The van der Waals surface area contributed by atoms with E-state index in [4.69, 9.17) is 11.5 Å². The molecule has 0 saturated carbocycles. The highest BCUT2D eigenvalue weighted by atomic mass is 16.2. The van der Waals surface area contributed by atoms with E-state index in [9.17, 15) is 9.59 Å². The van der Waals surface area contributed by atoms with E-state index >= 15 is 0 Å². The first-order valence-electron chi connectivity index (χ1n) is 4.38. The molecule has 0 aliphatic rings. The second-order valence-corrected chi connectivity index (χ2v) is 3.36. The Morgan fingerprint density at radius 3 is 2.53 bits per heavy atom. The number of nitrogen functional groups attached to an aromatic ring is 2. The Labute approximate surface area is 85.9 Å². The van der Waals surface area contributed by atoms with Gasteiger partial charge in [0.05, 0.1) is 0 Å². The van der Waals surface area contributed by atoms with Gasteiger partial charge in [0, 0.05) is 5.92 Å². The first kappa shape index (κ1) is 11.0. The van der Waals surface area contributed by atoms with Gasteiger partial charge < -0.3 is 11.5 Å². The lowest BCUT2D eigenvalue weighted by Gasteiger charge is -2.07. The summed E-state index contributed by atoms with van der Waals surface area (Å²) in [4.78, 5) is 28.5. The molecule has 0 bridgehead atoms. The van der Waals surface area contributed by atoms with Gasteiger partial charge in [-0.2, -0.15) is 4.98 Å². The number of anilines is 3. The van der Waals surface area contributed by atoms with Gasteiger partial charge in [0.1, 0.15) is 5.69 Å². The van der Waals surface area contributed by atoms with Gasteiger partial charge in [-0.05, 0) is 0 Å². The molecule has 7 heteroatoms. The zero-order valence-electron chi connectivity index (χ0n) is 8.50. The van der Waals surface area contributed by atoms with Gasteiger partial charge in [-0.25, -0.2) is 0 Å². The van der Waals surface area contributed by atoms with Crippen LogP contribution >= 0.6 is 0 Å². The van der Waals surface area contributed by atoms with E-state index in [2.05, 4.69) is 15.3 Å². The lowest BCUT2D eigenvalue weighted by Crippen LogP contribution is -2.24. The number of amides is 1. The van der Waals surface area contributed by atoms with Crippen molar-refractivity contribution in [1.82, 2.24) is 9.97 Å². The Morgan fingerprint density at radius 2 is 2.07 bits per heavy atom. The highest BCUT2D eigenvalue weighted by molar-refractivity contribution is 5.90. The van der Waals surface area contributed by atoms with Gasteiger partial charge in [-0.3, -0.25) is 19.9 Å². The summed E-state index contributed by atoms with van der Waals surface area (Å²) >= 11 is 0. The molecule has 0 radical (unpaired) electrons. The lowest BCUT2D eigenvalue weighted by molar-refractivity contribution is -0.118. The predicted molar refractivity (Wildman–Crippen MR) is 57.2 cm³/mol. The molecule has 1 heterocycles. The molecular formula is C8H13N5O2. The van der Waals surface area contributed by atoms with Crippen LogP contribution in [0, 0.1) is 5.92 Å². The van der Waals surface area contributed by atoms with Crippen LogP contribution in [0.1, 0.15) is 13.8 Å². The number of H-pyrrole nitrogens is 1. The van der Waals surface area contributed by atoms with Crippen LogP contribution in [-0.4, -0.2) is 15.9 Å². The molecule has 0 aliphatic carbocycles. The van der Waals surface area contributed by atoms with E-state index in [0.717, 1.165) is 0 Å². The normalized spacial score (nSPS) is 10.3. The maximum Gasteiger partial charge on any atom is 0.277 e. The van der Waals surface area contributed by atoms with Crippen LogP contribution in [0.5, 0.6) is 0 Å². The fraction of sp³-hybridized carbons (Fsp3) is 0.375. The van der Waals surface area contributed by atoms with Crippen molar-refractivity contribution in [3.05, 3.63) is 10.4 Å². The molecule has 0 atom stereocenters. The van der Waals surface area contributed by atoms with Gasteiger partial charge >= 0.3 is 0 Å². The Kier molecular flexibility index (Phi) is 2.93. The minimum Gasteiger partial charge on any atom is -0.391 e. The van der Waals surface area contributed by atoms with Crippen LogP contribution in [0.4, 0.5) is 17.5 Å². The molecule has 1 aromatic heterocycles. The molecule has 82 valence electrons. The number of nitrogens with one attached hydrogen (secondary N) is 2. The molecule has 1 aromatic rings. The minimum atomic E-state index is -0.568. The van der Waals surface area contributed by atoms with E-state index in [0.29, 0.717) is 0 Å². The molecule has 0 aliphatic heterocycles. The van der Waals surface area contributed by atoms with Gasteiger partial charge in [-0.1, -0.05) is 13.8 Å². The molecule has 0 fully saturated rings. The Hall–Kier alpha value is -2.05. The molecule has 0 unspecified atom stereocenters. The van der Waals surface area contributed by atoms with Crippen molar-refractivity contribution in [1.29, 1.82) is 0 Å². The number of nitrogens with two attached hydrogens (primary N) is 2. The molecule has 6 N–H and O–H groups in total. The number of hydrogen-bond acceptors (Lipinski definition) is 5. The number of carbonyl (C=O) groups is 1. The van der Waals surface area contributed by atoms with Crippen molar-refractivity contribution in [2.75, 3.05) is 16.8 Å². The van der Waals surface area contributed by atoms with Crippen LogP contribution in [0.2, 0.25) is 0 Å². The average Bonchev–Trinajstić information content (AvgIpc) is 2.13. The standard InChI is InChI=1S/C8H13N5O2/c1-3(2)6(14)12-8-11-5(10)4(9)7(15)13-8/h3H,9H2,1-2H3,(H4,10,11,12,13,14,15). The van der Waals surface area contributed by atoms with Crippen LogP contribution in [-0.2, 0) is 4.79 Å². The second-order valence-electron chi connectivity index (χ2n) is 3.36. The zero-order chi connectivity index (χ0) is 11.6. The lowest BCUT2D eigenvalue weighted by atomic mass is 10.2. The fourth-order valence-electron chi connectivity index (χ4n) is 0.820. The summed E-state index contributed by atoms with van der Waals surface area (Å²) in [6.45, 7) is 3.43. The molecule has 15 heavy (non-hydrogen) atoms.